The largest absolute Gasteiger partial charge is 0.482 e. The second kappa shape index (κ2) is 11.9. The molecule has 1 unspecified atom stereocenters. The van der Waals surface area contributed by atoms with Crippen molar-refractivity contribution in [3.05, 3.63) is 66.4 Å². The van der Waals surface area contributed by atoms with Crippen LogP contribution in [0.5, 0.6) is 0 Å². The van der Waals surface area contributed by atoms with Gasteiger partial charge in [-0.3, -0.25) is 0 Å². The summed E-state index contributed by atoms with van der Waals surface area (Å²) in [5, 5.41) is 4.12. The number of furan rings is 1. The van der Waals surface area contributed by atoms with Crippen LogP contribution in [0.15, 0.2) is 74.5 Å². The number of benzene rings is 2. The molecule has 0 radical (unpaired) electrons. The number of carbonyl (C=O) groups excluding carboxylic acids is 1. The molecule has 47 heavy (non-hydrogen) atoms. The van der Waals surface area contributed by atoms with E-state index in [1.165, 1.54) is 0 Å². The Morgan fingerprint density at radius 1 is 1.13 bits per heavy atom. The molecule has 1 aromatic heterocycles. The van der Waals surface area contributed by atoms with Crippen molar-refractivity contribution in [1.29, 1.82) is 0 Å². The van der Waals surface area contributed by atoms with Gasteiger partial charge in [0.05, 0.1) is 40.4 Å². The summed E-state index contributed by atoms with van der Waals surface area (Å²) in [6.45, 7) is 13.5. The number of ether oxygens (including phenoxy) is 1. The summed E-state index contributed by atoms with van der Waals surface area (Å²) in [5.41, 5.74) is 1.04. The van der Waals surface area contributed by atoms with Crippen LogP contribution in [0.3, 0.4) is 0 Å². The fraction of sp³-hybridized carbons (Fsp3) is 0.583. The van der Waals surface area contributed by atoms with Crippen LogP contribution in [0.25, 0.3) is 11.0 Å². The SMILES string of the molecule is CC(C)(C)N=S(=O)(c1ccccc1)N1CCC[C@@H]1COC(=O)N[C@@H](Cc1coc2ccccc12)B1O[C@@H]2C[C@@H]3C[C@@H](C3(C)C)[C@]2(C)O1. The van der Waals surface area contributed by atoms with Crippen molar-refractivity contribution in [3.8, 4) is 0 Å². The van der Waals surface area contributed by atoms with Gasteiger partial charge in [-0.15, -0.1) is 0 Å². The summed E-state index contributed by atoms with van der Waals surface area (Å²) in [7, 11) is -3.56. The molecule has 2 saturated heterocycles. The third-order valence-electron chi connectivity index (χ3n) is 11.1. The lowest BCUT2D eigenvalue weighted by atomic mass is 9.43. The van der Waals surface area contributed by atoms with Crippen LogP contribution in [0.4, 0.5) is 4.79 Å². The molecule has 3 aliphatic carbocycles. The van der Waals surface area contributed by atoms with E-state index in [0.29, 0.717) is 29.7 Å². The van der Waals surface area contributed by atoms with Crippen molar-refractivity contribution < 1.29 is 27.5 Å². The predicted octanol–water partition coefficient (Wildman–Crippen LogP) is 7.04. The molecule has 5 fully saturated rings. The van der Waals surface area contributed by atoms with Gasteiger partial charge in [-0.1, -0.05) is 50.2 Å². The van der Waals surface area contributed by atoms with Gasteiger partial charge in [0.25, 0.3) is 0 Å². The van der Waals surface area contributed by atoms with Crippen molar-refractivity contribution in [1.82, 2.24) is 9.62 Å². The maximum absolute atomic E-state index is 14.7. The maximum Gasteiger partial charge on any atom is 0.482 e. The third kappa shape index (κ3) is 5.91. The molecule has 1 amide bonds. The van der Waals surface area contributed by atoms with Gasteiger partial charge >= 0.3 is 13.2 Å². The number of nitrogens with zero attached hydrogens (tertiary/aromatic N) is 2. The zero-order valence-corrected chi connectivity index (χ0v) is 29.3. The fourth-order valence-corrected chi connectivity index (χ4v) is 11.3. The van der Waals surface area contributed by atoms with Crippen LogP contribution < -0.4 is 5.32 Å². The molecular formula is C36H48BN3O6S. The predicted molar refractivity (Wildman–Crippen MR) is 183 cm³/mol. The molecule has 3 saturated carbocycles. The van der Waals surface area contributed by atoms with E-state index in [-0.39, 0.29) is 24.2 Å². The van der Waals surface area contributed by atoms with Crippen LogP contribution in [-0.2, 0) is 30.4 Å². The molecule has 3 aromatic rings. The van der Waals surface area contributed by atoms with Gasteiger partial charge in [-0.05, 0) is 101 Å². The Morgan fingerprint density at radius 3 is 2.62 bits per heavy atom. The highest BCUT2D eigenvalue weighted by Crippen LogP contribution is 2.65. The Kier molecular flexibility index (Phi) is 8.30. The molecule has 2 aromatic carbocycles. The van der Waals surface area contributed by atoms with E-state index in [4.69, 9.17) is 22.8 Å². The molecule has 9 nitrogen and oxygen atoms in total. The van der Waals surface area contributed by atoms with Crippen LogP contribution in [-0.4, -0.2) is 64.1 Å². The summed E-state index contributed by atoms with van der Waals surface area (Å²) < 4.78 is 46.7. The van der Waals surface area contributed by atoms with Crippen molar-refractivity contribution in [3.63, 3.8) is 0 Å². The Balaban J connectivity index is 1.10. The molecule has 1 N–H and O–H groups in total. The van der Waals surface area contributed by atoms with Crippen LogP contribution in [0.2, 0.25) is 0 Å². The van der Waals surface area contributed by atoms with Gasteiger partial charge in [0, 0.05) is 11.9 Å². The number of alkyl carbamates (subject to hydrolysis) is 1. The lowest BCUT2D eigenvalue weighted by Gasteiger charge is -2.64. The van der Waals surface area contributed by atoms with Gasteiger partial charge in [-0.25, -0.2) is 17.7 Å². The molecule has 5 aliphatic rings. The Morgan fingerprint density at radius 2 is 1.87 bits per heavy atom. The van der Waals surface area contributed by atoms with Gasteiger partial charge < -0.3 is 23.8 Å². The monoisotopic (exact) mass is 661 g/mol. The number of fused-ring (bicyclic) bond motifs is 1. The number of rotatable bonds is 8. The summed E-state index contributed by atoms with van der Waals surface area (Å²) in [5.74, 6) is 0.514. The van der Waals surface area contributed by atoms with Gasteiger partial charge in [0.15, 0.2) is 0 Å². The minimum absolute atomic E-state index is 0.0181. The fourth-order valence-electron chi connectivity index (χ4n) is 8.59. The van der Waals surface area contributed by atoms with E-state index in [0.717, 1.165) is 42.2 Å². The maximum atomic E-state index is 14.7. The summed E-state index contributed by atoms with van der Waals surface area (Å²) >= 11 is 0. The normalized spacial score (nSPS) is 30.3. The Hall–Kier alpha value is -2.86. The van der Waals surface area contributed by atoms with Crippen molar-refractivity contribution >= 4 is 34.1 Å². The molecular weight excluding hydrogens is 613 g/mol. The van der Waals surface area contributed by atoms with Crippen molar-refractivity contribution in [2.75, 3.05) is 13.2 Å². The van der Waals surface area contributed by atoms with Crippen LogP contribution in [0, 0.1) is 17.3 Å². The van der Waals surface area contributed by atoms with Crippen LogP contribution >= 0.6 is 0 Å². The minimum atomic E-state index is -2.93. The number of amides is 1. The lowest BCUT2D eigenvalue weighted by Crippen LogP contribution is -2.65. The zero-order valence-electron chi connectivity index (χ0n) is 28.4. The number of hydrogen-bond donors (Lipinski definition) is 1. The van der Waals surface area contributed by atoms with E-state index in [1.54, 1.807) is 6.26 Å². The van der Waals surface area contributed by atoms with E-state index in [2.05, 4.69) is 26.1 Å². The molecule has 3 heterocycles. The highest BCUT2D eigenvalue weighted by atomic mass is 32.2. The quantitative estimate of drug-likeness (QED) is 0.260. The molecule has 8 rings (SSSR count). The van der Waals surface area contributed by atoms with E-state index in [9.17, 15) is 9.00 Å². The first-order valence-corrected chi connectivity index (χ1v) is 18.6. The van der Waals surface area contributed by atoms with Gasteiger partial charge in [-0.2, -0.15) is 0 Å². The van der Waals surface area contributed by atoms with E-state index >= 15 is 0 Å². The average molecular weight is 662 g/mol. The zero-order chi connectivity index (χ0) is 33.2. The molecule has 252 valence electrons. The average Bonchev–Trinajstić information content (AvgIpc) is 3.76. The Bertz CT molecular complexity index is 1750. The molecule has 7 atom stereocenters. The van der Waals surface area contributed by atoms with Crippen molar-refractivity contribution in [2.24, 2.45) is 21.6 Å². The molecule has 2 aliphatic heterocycles. The second-order valence-corrected chi connectivity index (χ2v) is 17.8. The standard InChI is InChI=1S/C36H48BN3O6S/c1-34(2,3)39-47(42,27-14-8-7-9-15-27)40-18-12-13-26(40)23-44-33(41)38-32(19-24-22-43-29-17-11-10-16-28(24)29)37-45-31-21-25-20-30(35(25,4)5)36(31,6)46-37/h7-11,14-17,22,25-26,30-32H,12-13,18-21,23H2,1-6H3,(H,38,41)/t25-,26+,30-,31+,32-,36-,47?/m0/s1. The van der Waals surface area contributed by atoms with E-state index < -0.39 is 40.2 Å². The summed E-state index contributed by atoms with van der Waals surface area (Å²) in [6.07, 6.45) is 5.35. The van der Waals surface area contributed by atoms with Gasteiger partial charge in [0.1, 0.15) is 22.1 Å². The summed E-state index contributed by atoms with van der Waals surface area (Å²) in [4.78, 5) is 14.3. The van der Waals surface area contributed by atoms with Crippen LogP contribution in [0.1, 0.15) is 72.8 Å². The first kappa shape index (κ1) is 32.7. The molecule has 2 bridgehead atoms. The first-order chi connectivity index (χ1) is 22.3. The van der Waals surface area contributed by atoms with E-state index in [1.807, 2.05) is 79.7 Å². The summed E-state index contributed by atoms with van der Waals surface area (Å²) in [6, 6.07) is 17.1. The first-order valence-electron chi connectivity index (χ1n) is 17.1. The Labute approximate surface area is 279 Å². The topological polar surface area (TPSA) is 103 Å². The third-order valence-corrected chi connectivity index (χ3v) is 13.9. The second-order valence-electron chi connectivity index (χ2n) is 15.7. The number of nitrogens with one attached hydrogen (secondary N) is 1. The molecule has 0 spiro atoms. The number of hydrogen-bond acceptors (Lipinski definition) is 7. The van der Waals surface area contributed by atoms with Crippen molar-refractivity contribution in [2.45, 2.75) is 108 Å². The highest BCUT2D eigenvalue weighted by Gasteiger charge is 2.68. The van der Waals surface area contributed by atoms with Gasteiger partial charge in [0.2, 0.25) is 0 Å². The molecule has 11 heteroatoms. The smallest absolute Gasteiger partial charge is 0.464 e. The highest BCUT2D eigenvalue weighted by molar-refractivity contribution is 7.91. The lowest BCUT2D eigenvalue weighted by molar-refractivity contribution is -0.199. The number of carbonyl (C=O) groups is 1. The number of para-hydroxylation sites is 1. The minimum Gasteiger partial charge on any atom is -0.464 e.